The van der Waals surface area contributed by atoms with E-state index in [1.807, 2.05) is 0 Å². The summed E-state index contributed by atoms with van der Waals surface area (Å²) in [5.41, 5.74) is 4.12. The maximum atomic E-state index is 6.56. The normalized spacial score (nSPS) is 28.8. The molecule has 0 aliphatic carbocycles. The van der Waals surface area contributed by atoms with Crippen LogP contribution in [-0.4, -0.2) is 17.2 Å². The third-order valence-corrected chi connectivity index (χ3v) is 5.47. The molecule has 0 bridgehead atoms. The Morgan fingerprint density at radius 1 is 1.00 bits per heavy atom. The van der Waals surface area contributed by atoms with Crippen molar-refractivity contribution in [2.75, 3.05) is 4.90 Å². The Bertz CT molecular complexity index is 733. The van der Waals surface area contributed by atoms with Crippen molar-refractivity contribution in [2.24, 2.45) is 0 Å². The highest BCUT2D eigenvalue weighted by atomic mass is 16.5. The van der Waals surface area contributed by atoms with Crippen LogP contribution < -0.4 is 4.90 Å². The highest BCUT2D eigenvalue weighted by Gasteiger charge is 2.56. The zero-order valence-electron chi connectivity index (χ0n) is 15.1. The highest BCUT2D eigenvalue weighted by molar-refractivity contribution is 5.65. The van der Waals surface area contributed by atoms with Crippen molar-refractivity contribution in [1.29, 1.82) is 0 Å². The van der Waals surface area contributed by atoms with Crippen LogP contribution in [0.5, 0.6) is 0 Å². The fraction of sp³-hybridized carbons (Fsp3) is 0.455. The third kappa shape index (κ3) is 2.44. The fourth-order valence-electron chi connectivity index (χ4n) is 4.56. The summed E-state index contributed by atoms with van der Waals surface area (Å²) in [5.74, 6) is 0. The monoisotopic (exact) mass is 321 g/mol. The second kappa shape index (κ2) is 5.35. The molecule has 2 aromatic rings. The predicted octanol–water partition coefficient (Wildman–Crippen LogP) is 5.14. The summed E-state index contributed by atoms with van der Waals surface area (Å²) in [4.78, 5) is 2.63. The van der Waals surface area contributed by atoms with E-state index in [1.54, 1.807) is 0 Å². The average molecular weight is 321 g/mol. The van der Waals surface area contributed by atoms with Gasteiger partial charge in [-0.2, -0.15) is 0 Å². The second-order valence-electron chi connectivity index (χ2n) is 8.41. The summed E-state index contributed by atoms with van der Waals surface area (Å²) in [6.45, 7) is 8.88. The largest absolute Gasteiger partial charge is 0.370 e. The first-order valence-corrected chi connectivity index (χ1v) is 8.98. The van der Waals surface area contributed by atoms with Crippen LogP contribution in [-0.2, 0) is 11.2 Å². The fourth-order valence-corrected chi connectivity index (χ4v) is 4.56. The van der Waals surface area contributed by atoms with Gasteiger partial charge in [0, 0.05) is 12.1 Å². The molecule has 2 aliphatic heterocycles. The van der Waals surface area contributed by atoms with Crippen molar-refractivity contribution in [3.8, 4) is 0 Å². The van der Waals surface area contributed by atoms with E-state index in [2.05, 4.69) is 87.2 Å². The molecule has 126 valence electrons. The molecule has 2 heterocycles. The van der Waals surface area contributed by atoms with Gasteiger partial charge < -0.3 is 9.64 Å². The zero-order chi connectivity index (χ0) is 16.9. The van der Waals surface area contributed by atoms with Crippen LogP contribution in [0.4, 0.5) is 5.69 Å². The van der Waals surface area contributed by atoms with Gasteiger partial charge in [0.05, 0.1) is 23.3 Å². The Morgan fingerprint density at radius 2 is 1.67 bits per heavy atom. The average Bonchev–Trinajstić information content (AvgIpc) is 2.98. The summed E-state index contributed by atoms with van der Waals surface area (Å²) in [6.07, 6.45) is 2.34. The Kier molecular flexibility index (Phi) is 3.50. The molecule has 0 radical (unpaired) electrons. The third-order valence-electron chi connectivity index (χ3n) is 5.47. The summed E-state index contributed by atoms with van der Waals surface area (Å²) in [6, 6.07) is 20.1. The van der Waals surface area contributed by atoms with E-state index < -0.39 is 0 Å². The Labute approximate surface area is 145 Å². The first-order valence-electron chi connectivity index (χ1n) is 8.98. The number of ether oxygens (including phenoxy) is 1. The SMILES string of the molecule is CC(C)(C)O[C@H]1C[C@H](c2ccccc2)N2c3ccccc3C[C@@]12C. The minimum atomic E-state index is -0.125. The lowest BCUT2D eigenvalue weighted by molar-refractivity contribution is -0.0786. The molecular weight excluding hydrogens is 294 g/mol. The van der Waals surface area contributed by atoms with Gasteiger partial charge >= 0.3 is 0 Å². The van der Waals surface area contributed by atoms with E-state index in [4.69, 9.17) is 4.74 Å². The number of rotatable bonds is 2. The molecule has 1 fully saturated rings. The van der Waals surface area contributed by atoms with Crippen molar-refractivity contribution < 1.29 is 4.74 Å². The minimum Gasteiger partial charge on any atom is -0.370 e. The Morgan fingerprint density at radius 3 is 2.38 bits per heavy atom. The maximum Gasteiger partial charge on any atom is 0.0837 e. The molecule has 3 atom stereocenters. The number of para-hydroxylation sites is 1. The molecule has 24 heavy (non-hydrogen) atoms. The first-order chi connectivity index (χ1) is 11.4. The molecule has 4 rings (SSSR count). The number of benzene rings is 2. The Balaban J connectivity index is 1.79. The molecular formula is C22H27NO. The minimum absolute atomic E-state index is 0.0253. The predicted molar refractivity (Wildman–Crippen MR) is 99.5 cm³/mol. The Hall–Kier alpha value is -1.80. The zero-order valence-corrected chi connectivity index (χ0v) is 15.1. The van der Waals surface area contributed by atoms with Gasteiger partial charge in [-0.25, -0.2) is 0 Å². The van der Waals surface area contributed by atoms with Crippen LogP contribution in [0, 0.1) is 0 Å². The van der Waals surface area contributed by atoms with E-state index in [0.29, 0.717) is 6.04 Å². The van der Waals surface area contributed by atoms with E-state index >= 15 is 0 Å². The van der Waals surface area contributed by atoms with Gasteiger partial charge in [-0.1, -0.05) is 48.5 Å². The van der Waals surface area contributed by atoms with Crippen LogP contribution in [0.15, 0.2) is 54.6 Å². The molecule has 2 aliphatic rings. The van der Waals surface area contributed by atoms with Gasteiger partial charge in [-0.05, 0) is 51.3 Å². The number of fused-ring (bicyclic) bond motifs is 3. The first kappa shape index (κ1) is 15.7. The molecule has 2 heteroatoms. The van der Waals surface area contributed by atoms with Crippen molar-refractivity contribution in [3.05, 3.63) is 65.7 Å². The van der Waals surface area contributed by atoms with E-state index in [-0.39, 0.29) is 17.2 Å². The van der Waals surface area contributed by atoms with Crippen LogP contribution >= 0.6 is 0 Å². The molecule has 0 aromatic heterocycles. The van der Waals surface area contributed by atoms with Crippen molar-refractivity contribution in [1.82, 2.24) is 0 Å². The van der Waals surface area contributed by atoms with Crippen molar-refractivity contribution >= 4 is 5.69 Å². The number of anilines is 1. The molecule has 2 nitrogen and oxygen atoms in total. The van der Waals surface area contributed by atoms with Gasteiger partial charge in [-0.3, -0.25) is 0 Å². The number of hydrogen-bond donors (Lipinski definition) is 0. The van der Waals surface area contributed by atoms with E-state index in [9.17, 15) is 0 Å². The van der Waals surface area contributed by atoms with E-state index in [0.717, 1.165) is 12.8 Å². The van der Waals surface area contributed by atoms with Gasteiger partial charge in [-0.15, -0.1) is 0 Å². The lowest BCUT2D eigenvalue weighted by atomic mass is 9.90. The molecule has 0 unspecified atom stereocenters. The lowest BCUT2D eigenvalue weighted by Gasteiger charge is -2.39. The van der Waals surface area contributed by atoms with Crippen molar-refractivity contribution in [2.45, 2.75) is 63.8 Å². The van der Waals surface area contributed by atoms with Gasteiger partial charge in [0.2, 0.25) is 0 Å². The molecule has 0 amide bonds. The van der Waals surface area contributed by atoms with Crippen molar-refractivity contribution in [3.63, 3.8) is 0 Å². The van der Waals surface area contributed by atoms with Crippen LogP contribution in [0.2, 0.25) is 0 Å². The molecule has 1 saturated heterocycles. The quantitative estimate of drug-likeness (QED) is 0.759. The molecule has 0 spiro atoms. The van der Waals surface area contributed by atoms with Gasteiger partial charge in [0.25, 0.3) is 0 Å². The van der Waals surface area contributed by atoms with Gasteiger partial charge in [0.1, 0.15) is 0 Å². The summed E-state index contributed by atoms with van der Waals surface area (Å²) < 4.78 is 6.56. The molecule has 0 N–H and O–H groups in total. The smallest absolute Gasteiger partial charge is 0.0837 e. The topological polar surface area (TPSA) is 12.5 Å². The summed E-state index contributed by atoms with van der Waals surface area (Å²) >= 11 is 0. The standard InChI is InChI=1S/C22H27NO/c1-21(2,3)24-20-14-19(16-10-6-5-7-11-16)23-18-13-9-8-12-17(18)15-22(20,23)4/h5-13,19-20H,14-15H2,1-4H3/t19-,20+,22+/m1/s1. The highest BCUT2D eigenvalue weighted by Crippen LogP contribution is 2.54. The maximum absolute atomic E-state index is 6.56. The van der Waals surface area contributed by atoms with E-state index in [1.165, 1.54) is 16.8 Å². The number of nitrogens with zero attached hydrogens (tertiary/aromatic N) is 1. The number of hydrogen-bond acceptors (Lipinski definition) is 2. The molecule has 0 saturated carbocycles. The summed E-state index contributed by atoms with van der Waals surface area (Å²) in [7, 11) is 0. The second-order valence-corrected chi connectivity index (χ2v) is 8.41. The summed E-state index contributed by atoms with van der Waals surface area (Å²) in [5, 5.41) is 0. The molecule has 2 aromatic carbocycles. The van der Waals surface area contributed by atoms with Gasteiger partial charge in [0.15, 0.2) is 0 Å². The van der Waals surface area contributed by atoms with Crippen LogP contribution in [0.1, 0.15) is 51.3 Å². The van der Waals surface area contributed by atoms with Crippen LogP contribution in [0.25, 0.3) is 0 Å². The lowest BCUT2D eigenvalue weighted by Crippen LogP contribution is -2.49. The van der Waals surface area contributed by atoms with Crippen LogP contribution in [0.3, 0.4) is 0 Å².